The summed E-state index contributed by atoms with van der Waals surface area (Å²) in [7, 11) is 1.35. The molecule has 0 spiro atoms. The number of hydrogen-bond donors (Lipinski definition) is 0. The summed E-state index contributed by atoms with van der Waals surface area (Å²) in [6.45, 7) is 0.0394. The van der Waals surface area contributed by atoms with Crippen LogP contribution in [0.4, 0.5) is 0 Å². The van der Waals surface area contributed by atoms with E-state index in [-0.39, 0.29) is 27.3 Å². The van der Waals surface area contributed by atoms with E-state index in [1.165, 1.54) is 18.2 Å². The second-order valence-electron chi connectivity index (χ2n) is 2.87. The Labute approximate surface area is 118 Å². The second kappa shape index (κ2) is 6.16. The van der Waals surface area contributed by atoms with Crippen molar-refractivity contribution in [3.05, 3.63) is 33.8 Å². The highest BCUT2D eigenvalue weighted by Gasteiger charge is 2.12. The summed E-state index contributed by atoms with van der Waals surface area (Å²) in [5.41, 5.74) is 1.16. The first-order valence-corrected chi connectivity index (χ1v) is 7.66. The van der Waals surface area contributed by atoms with Crippen molar-refractivity contribution >= 4 is 54.5 Å². The molecule has 17 heavy (non-hydrogen) atoms. The summed E-state index contributed by atoms with van der Waals surface area (Å²) in [5, 5.41) is 0.405. The van der Waals surface area contributed by atoms with Crippen LogP contribution in [0.25, 0.3) is 0 Å². The average Bonchev–Trinajstić information content (AvgIpc) is 2.25. The van der Waals surface area contributed by atoms with Crippen LogP contribution < -0.4 is 4.74 Å². The monoisotopic (exact) mass is 334 g/mol. The molecule has 3 nitrogen and oxygen atoms in total. The highest BCUT2D eigenvalue weighted by molar-refractivity contribution is 8.13. The molecule has 0 amide bonds. The highest BCUT2D eigenvalue weighted by atomic mass is 35.7. The summed E-state index contributed by atoms with van der Waals surface area (Å²) >= 11 is 16.8. The zero-order valence-corrected chi connectivity index (χ0v) is 12.0. The Hall–Kier alpha value is -0.130. The van der Waals surface area contributed by atoms with E-state index in [9.17, 15) is 8.42 Å². The van der Waals surface area contributed by atoms with E-state index in [1.54, 1.807) is 0 Å². The van der Waals surface area contributed by atoms with Crippen molar-refractivity contribution < 1.29 is 13.2 Å². The minimum Gasteiger partial charge on any atom is -0.486 e. The van der Waals surface area contributed by atoms with Gasteiger partial charge in [-0.05, 0) is 18.2 Å². The van der Waals surface area contributed by atoms with E-state index in [1.807, 2.05) is 0 Å². The molecule has 0 aliphatic heterocycles. The van der Waals surface area contributed by atoms with Crippen LogP contribution >= 0.6 is 45.5 Å². The van der Waals surface area contributed by atoms with Gasteiger partial charge in [0.05, 0.1) is 15.0 Å². The first kappa shape index (κ1) is 14.9. The molecule has 0 aliphatic carbocycles. The Morgan fingerprint density at radius 3 is 2.53 bits per heavy atom. The van der Waals surface area contributed by atoms with Crippen LogP contribution in [0, 0.1) is 0 Å². The van der Waals surface area contributed by atoms with Crippen molar-refractivity contribution in [1.29, 1.82) is 0 Å². The van der Waals surface area contributed by atoms with E-state index in [0.717, 1.165) is 5.54 Å². The molecule has 0 aliphatic rings. The van der Waals surface area contributed by atoms with Gasteiger partial charge in [-0.15, -0.1) is 0 Å². The Morgan fingerprint density at radius 2 is 2.06 bits per heavy atom. The van der Waals surface area contributed by atoms with Crippen LogP contribution in [0.3, 0.4) is 0 Å². The van der Waals surface area contributed by atoms with Gasteiger partial charge in [0.25, 0.3) is 9.05 Å². The average molecular weight is 336 g/mol. The first-order chi connectivity index (χ1) is 7.84. The predicted molar refractivity (Wildman–Crippen MR) is 69.8 cm³/mol. The zero-order chi connectivity index (χ0) is 13.1. The van der Waals surface area contributed by atoms with E-state index in [2.05, 4.69) is 0 Å². The highest BCUT2D eigenvalue weighted by Crippen LogP contribution is 2.29. The molecule has 1 rings (SSSR count). The van der Waals surface area contributed by atoms with Gasteiger partial charge in [0.1, 0.15) is 12.4 Å². The van der Waals surface area contributed by atoms with Crippen LogP contribution in [-0.2, 0) is 9.05 Å². The normalized spacial score (nSPS) is 12.6. The summed E-state index contributed by atoms with van der Waals surface area (Å²) in [6, 6.07) is 3.86. The molecule has 8 heteroatoms. The van der Waals surface area contributed by atoms with Crippen LogP contribution in [0.2, 0.25) is 5.02 Å². The molecule has 94 valence electrons. The molecule has 0 heterocycles. The van der Waals surface area contributed by atoms with E-state index in [4.69, 9.17) is 50.2 Å². The van der Waals surface area contributed by atoms with Gasteiger partial charge in [-0.3, -0.25) is 0 Å². The summed E-state index contributed by atoms with van der Waals surface area (Å²) in [5.74, 6) is 0.285. The van der Waals surface area contributed by atoms with Crippen molar-refractivity contribution in [3.8, 4) is 5.75 Å². The molecule has 1 aromatic rings. The molecule has 0 bridgehead atoms. The number of benzene rings is 1. The third-order valence-corrected chi connectivity index (χ3v) is 3.91. The van der Waals surface area contributed by atoms with Crippen molar-refractivity contribution in [1.82, 2.24) is 0 Å². The second-order valence-corrected chi connectivity index (χ2v) is 6.55. The van der Waals surface area contributed by atoms with Gasteiger partial charge >= 0.3 is 0 Å². The van der Waals surface area contributed by atoms with Gasteiger partial charge in [0.15, 0.2) is 0 Å². The molecular weight excluding hydrogens is 330 g/mol. The number of hydrogen-bond acceptors (Lipinski definition) is 3. The summed E-state index contributed by atoms with van der Waals surface area (Å²) in [4.78, 5) is -0.101. The van der Waals surface area contributed by atoms with Crippen LogP contribution in [-0.4, -0.2) is 15.0 Å². The molecular formula is C9H6Cl4O3S. The van der Waals surface area contributed by atoms with E-state index >= 15 is 0 Å². The predicted octanol–water partition coefficient (Wildman–Crippen LogP) is 3.97. The fraction of sp³-hybridized carbons (Fsp3) is 0.111. The van der Waals surface area contributed by atoms with Gasteiger partial charge < -0.3 is 4.74 Å². The van der Waals surface area contributed by atoms with Crippen molar-refractivity contribution in [2.24, 2.45) is 0 Å². The van der Waals surface area contributed by atoms with Gasteiger partial charge in [-0.25, -0.2) is 8.42 Å². The van der Waals surface area contributed by atoms with Crippen LogP contribution in [0.15, 0.2) is 33.7 Å². The lowest BCUT2D eigenvalue weighted by Gasteiger charge is -2.07. The van der Waals surface area contributed by atoms with Gasteiger partial charge in [0, 0.05) is 16.2 Å². The maximum absolute atomic E-state index is 11.0. The molecule has 0 atom stereocenters. The van der Waals surface area contributed by atoms with E-state index < -0.39 is 9.05 Å². The maximum atomic E-state index is 11.0. The Balaban J connectivity index is 2.91. The quantitative estimate of drug-likeness (QED) is 0.782. The van der Waals surface area contributed by atoms with Crippen LogP contribution in [0.1, 0.15) is 0 Å². The largest absolute Gasteiger partial charge is 0.486 e. The molecule has 0 saturated carbocycles. The first-order valence-electron chi connectivity index (χ1n) is 4.16. The molecule has 0 aromatic heterocycles. The molecule has 0 saturated heterocycles. The maximum Gasteiger partial charge on any atom is 0.261 e. The third kappa shape index (κ3) is 4.56. The fourth-order valence-corrected chi connectivity index (χ4v) is 2.12. The molecule has 0 unspecified atom stereocenters. The van der Waals surface area contributed by atoms with Crippen LogP contribution in [0.5, 0.6) is 5.75 Å². The minimum absolute atomic E-state index is 0.0394. The smallest absolute Gasteiger partial charge is 0.261 e. The van der Waals surface area contributed by atoms with Crippen molar-refractivity contribution in [2.75, 3.05) is 6.61 Å². The molecule has 1 aromatic carbocycles. The van der Waals surface area contributed by atoms with Gasteiger partial charge in [-0.1, -0.05) is 34.8 Å². The topological polar surface area (TPSA) is 43.4 Å². The summed E-state index contributed by atoms with van der Waals surface area (Å²) < 4.78 is 27.3. The van der Waals surface area contributed by atoms with Crippen molar-refractivity contribution in [3.63, 3.8) is 0 Å². The van der Waals surface area contributed by atoms with E-state index in [0.29, 0.717) is 0 Å². The number of rotatable bonds is 4. The number of halogens is 4. The minimum atomic E-state index is -3.80. The molecule has 0 fully saturated rings. The molecule has 0 N–H and O–H groups in total. The fourth-order valence-electron chi connectivity index (χ4n) is 0.928. The Bertz CT molecular complexity index is 539. The lowest BCUT2D eigenvalue weighted by atomic mass is 10.3. The van der Waals surface area contributed by atoms with Crippen molar-refractivity contribution in [2.45, 2.75) is 4.90 Å². The number of ether oxygens (including phenoxy) is 1. The van der Waals surface area contributed by atoms with Gasteiger partial charge in [0.2, 0.25) is 0 Å². The lowest BCUT2D eigenvalue weighted by molar-refractivity contribution is 0.359. The molecule has 0 radical (unpaired) electrons. The zero-order valence-electron chi connectivity index (χ0n) is 8.16. The Morgan fingerprint density at radius 1 is 1.41 bits per heavy atom. The lowest BCUT2D eigenvalue weighted by Crippen LogP contribution is -1.98. The SMILES string of the molecule is O=S(=O)(Cl)c1ccc(OC/C(Cl)=C\Cl)c(Cl)c1. The Kier molecular flexibility index (Phi) is 5.41. The third-order valence-electron chi connectivity index (χ3n) is 1.67. The van der Waals surface area contributed by atoms with Gasteiger partial charge in [-0.2, -0.15) is 0 Å². The summed E-state index contributed by atoms with van der Waals surface area (Å²) in [6.07, 6.45) is 0. The standard InChI is InChI=1S/C9H6Cl4O3S/c10-4-6(11)5-16-9-2-1-7(3-8(9)12)17(13,14)15/h1-4H,5H2/b6-4+.